The summed E-state index contributed by atoms with van der Waals surface area (Å²) in [6.45, 7) is 17.3. The number of pyridine rings is 1. The summed E-state index contributed by atoms with van der Waals surface area (Å²) in [4.78, 5) is 77.1. The molecule has 16 nitrogen and oxygen atoms in total. The summed E-state index contributed by atoms with van der Waals surface area (Å²) < 4.78 is 17.3. The van der Waals surface area contributed by atoms with E-state index in [9.17, 15) is 29.1 Å². The highest BCUT2D eigenvalue weighted by atomic mass is 16.6. The van der Waals surface area contributed by atoms with Crippen molar-refractivity contribution in [1.29, 1.82) is 0 Å². The van der Waals surface area contributed by atoms with E-state index in [0.717, 1.165) is 12.0 Å². The molecule has 0 aliphatic carbocycles. The zero-order chi connectivity index (χ0) is 47.2. The second-order valence-electron chi connectivity index (χ2n) is 18.3. The number of methoxy groups -OCH3 is 2. The second kappa shape index (κ2) is 24.4. The molecule has 0 spiro atoms. The number of carbonyl (C=O) groups is 5. The van der Waals surface area contributed by atoms with Crippen LogP contribution in [0.1, 0.15) is 105 Å². The molecule has 16 heteroatoms. The summed E-state index contributed by atoms with van der Waals surface area (Å²) in [7, 11) is 6.58. The van der Waals surface area contributed by atoms with Crippen molar-refractivity contribution in [1.82, 2.24) is 30.3 Å². The highest BCUT2D eigenvalue weighted by Gasteiger charge is 2.42. The van der Waals surface area contributed by atoms with Crippen LogP contribution in [-0.4, -0.2) is 138 Å². The molecular formula is C47H75N7O9. The first-order valence-electron chi connectivity index (χ1n) is 22.2. The summed E-state index contributed by atoms with van der Waals surface area (Å²) in [5, 5.41) is 19.3. The minimum atomic E-state index is -0.895. The Morgan fingerprint density at radius 2 is 1.63 bits per heavy atom. The van der Waals surface area contributed by atoms with Gasteiger partial charge in [-0.3, -0.25) is 29.4 Å². The topological polar surface area (TPSA) is 192 Å². The average Bonchev–Trinajstić information content (AvgIpc) is 3.71. The number of hydrogen-bond acceptors (Lipinski definition) is 11. The van der Waals surface area contributed by atoms with E-state index in [2.05, 4.69) is 20.9 Å². The van der Waals surface area contributed by atoms with E-state index in [1.54, 1.807) is 76.9 Å². The monoisotopic (exact) mass is 882 g/mol. The largest absolute Gasteiger partial charge is 0.444 e. The summed E-state index contributed by atoms with van der Waals surface area (Å²) in [5.74, 6) is -1.57. The summed E-state index contributed by atoms with van der Waals surface area (Å²) in [6, 6.07) is 10.7. The Bertz CT molecular complexity index is 1790. The molecule has 1 aromatic carbocycles. The van der Waals surface area contributed by atoms with Crippen molar-refractivity contribution in [3.63, 3.8) is 0 Å². The van der Waals surface area contributed by atoms with Crippen LogP contribution in [0.4, 0.5) is 10.6 Å². The van der Waals surface area contributed by atoms with Crippen molar-refractivity contribution in [3.8, 4) is 0 Å². The minimum Gasteiger partial charge on any atom is -0.444 e. The maximum absolute atomic E-state index is 14.2. The van der Waals surface area contributed by atoms with Crippen molar-refractivity contribution in [2.45, 2.75) is 143 Å². The normalized spacial score (nSPS) is 18.1. The fourth-order valence-electron chi connectivity index (χ4n) is 8.54. The fourth-order valence-corrected chi connectivity index (χ4v) is 8.54. The lowest BCUT2D eigenvalue weighted by atomic mass is 9.90. The Balaban J connectivity index is 1.67. The molecule has 63 heavy (non-hydrogen) atoms. The van der Waals surface area contributed by atoms with Crippen molar-refractivity contribution in [3.05, 3.63) is 59.8 Å². The third-order valence-corrected chi connectivity index (χ3v) is 12.0. The van der Waals surface area contributed by atoms with E-state index in [0.29, 0.717) is 37.3 Å². The van der Waals surface area contributed by atoms with Crippen LogP contribution in [0.2, 0.25) is 0 Å². The van der Waals surface area contributed by atoms with Crippen LogP contribution in [0, 0.1) is 17.8 Å². The zero-order valence-electron chi connectivity index (χ0n) is 39.8. The van der Waals surface area contributed by atoms with Gasteiger partial charge in [0.1, 0.15) is 11.4 Å². The standard InChI is InChI=1S/C47H75N7O9/c1-14-30(4)41(53(11)39(56)27-49-45(59)40(29(2)3)52(10)28-33-22-23-48-37(25-33)51-46(60)63-47(7,8)9)36(61-12)26-38(55)54-24-18-21-35(54)43(62-13)31(5)44(58)50-32(6)42(57)34-19-16-15-17-20-34/h15-17,19-20,22-23,25,29-32,35-36,40-43,57H,14,18,21,24,26-28H2,1-13H3,(H,49,59)(H,50,58)(H,48,51,60)/t30-,31+,32+,35?,36+,40-,41-,42+,43+/m0/s1. The van der Waals surface area contributed by atoms with Gasteiger partial charge in [0.15, 0.2) is 0 Å². The quantitative estimate of drug-likeness (QED) is 0.122. The Morgan fingerprint density at radius 1 is 0.968 bits per heavy atom. The molecule has 352 valence electrons. The second-order valence-corrected chi connectivity index (χ2v) is 18.3. The van der Waals surface area contributed by atoms with Gasteiger partial charge < -0.3 is 39.8 Å². The predicted molar refractivity (Wildman–Crippen MR) is 242 cm³/mol. The van der Waals surface area contributed by atoms with Gasteiger partial charge in [0.25, 0.3) is 0 Å². The van der Waals surface area contributed by atoms with Gasteiger partial charge in [-0.25, -0.2) is 9.78 Å². The molecule has 9 atom stereocenters. The van der Waals surface area contributed by atoms with Gasteiger partial charge in [-0.15, -0.1) is 0 Å². The summed E-state index contributed by atoms with van der Waals surface area (Å²) in [5.41, 5.74) is 0.842. The number of hydrogen-bond donors (Lipinski definition) is 4. The van der Waals surface area contributed by atoms with Crippen LogP contribution in [0.25, 0.3) is 0 Å². The number of rotatable bonds is 22. The number of aliphatic hydroxyl groups is 1. The number of benzene rings is 1. The maximum Gasteiger partial charge on any atom is 0.413 e. The highest BCUT2D eigenvalue weighted by molar-refractivity contribution is 5.88. The molecule has 1 aromatic heterocycles. The first-order valence-corrected chi connectivity index (χ1v) is 22.2. The Morgan fingerprint density at radius 3 is 2.22 bits per heavy atom. The number of likely N-dealkylation sites (tertiary alicyclic amines) is 1. The molecule has 0 bridgehead atoms. The fraction of sp³-hybridized carbons (Fsp3) is 0.660. The molecular weight excluding hydrogens is 807 g/mol. The smallest absolute Gasteiger partial charge is 0.413 e. The lowest BCUT2D eigenvalue weighted by Gasteiger charge is -2.39. The average molecular weight is 882 g/mol. The molecule has 1 unspecified atom stereocenters. The molecule has 2 aromatic rings. The number of aliphatic hydroxyl groups excluding tert-OH is 1. The van der Waals surface area contributed by atoms with Crippen LogP contribution < -0.4 is 16.0 Å². The molecule has 0 saturated carbocycles. The number of anilines is 1. The summed E-state index contributed by atoms with van der Waals surface area (Å²) >= 11 is 0. The van der Waals surface area contributed by atoms with E-state index in [1.807, 2.05) is 70.0 Å². The molecule has 5 amide bonds. The third-order valence-electron chi connectivity index (χ3n) is 12.0. The van der Waals surface area contributed by atoms with E-state index in [1.165, 1.54) is 7.11 Å². The van der Waals surface area contributed by atoms with E-state index in [-0.39, 0.29) is 54.5 Å². The first kappa shape index (κ1) is 52.7. The minimum absolute atomic E-state index is 0.00642. The van der Waals surface area contributed by atoms with Crippen LogP contribution in [0.3, 0.4) is 0 Å². The van der Waals surface area contributed by atoms with Crippen LogP contribution in [0.5, 0.6) is 0 Å². The van der Waals surface area contributed by atoms with Crippen molar-refractivity contribution in [2.75, 3.05) is 46.7 Å². The SMILES string of the molecule is CC[C@H](C)[C@@H]([C@@H](CC(=O)N1CCCC1[C@H](OC)[C@@H](C)C(=O)N[C@H](C)[C@@H](O)c1ccccc1)OC)N(C)C(=O)CNC(=O)[C@H](C(C)C)N(C)Cc1ccnc(NC(=O)OC(C)(C)C)c1. The number of carbonyl (C=O) groups excluding carboxylic acids is 5. The van der Waals surface area contributed by atoms with Crippen LogP contribution >= 0.6 is 0 Å². The lowest BCUT2D eigenvalue weighted by molar-refractivity contribution is -0.146. The lowest BCUT2D eigenvalue weighted by Crippen LogP contribution is -2.55. The number of nitrogens with zero attached hydrogens (tertiary/aromatic N) is 4. The zero-order valence-corrected chi connectivity index (χ0v) is 39.8. The molecule has 1 fully saturated rings. The van der Waals surface area contributed by atoms with Gasteiger partial charge in [0, 0.05) is 40.6 Å². The van der Waals surface area contributed by atoms with Crippen molar-refractivity contribution >= 4 is 35.5 Å². The van der Waals surface area contributed by atoms with Crippen molar-refractivity contribution < 1.29 is 43.3 Å². The Labute approximate surface area is 375 Å². The van der Waals surface area contributed by atoms with E-state index >= 15 is 0 Å². The van der Waals surface area contributed by atoms with E-state index < -0.39 is 54.0 Å². The van der Waals surface area contributed by atoms with Gasteiger partial charge in [-0.1, -0.05) is 71.4 Å². The summed E-state index contributed by atoms with van der Waals surface area (Å²) in [6.07, 6.45) is 0.878. The number of nitrogens with one attached hydrogen (secondary N) is 3. The van der Waals surface area contributed by atoms with Crippen LogP contribution in [-0.2, 0) is 39.9 Å². The van der Waals surface area contributed by atoms with Gasteiger partial charge in [-0.2, -0.15) is 0 Å². The molecule has 2 heterocycles. The molecule has 0 radical (unpaired) electrons. The highest BCUT2D eigenvalue weighted by Crippen LogP contribution is 2.30. The number of ether oxygens (including phenoxy) is 3. The van der Waals surface area contributed by atoms with Gasteiger partial charge in [-0.05, 0) is 82.7 Å². The van der Waals surface area contributed by atoms with Crippen LogP contribution in [0.15, 0.2) is 48.7 Å². The number of likely N-dealkylation sites (N-methyl/N-ethyl adjacent to an activating group) is 2. The molecule has 3 rings (SSSR count). The number of aromatic nitrogens is 1. The van der Waals surface area contributed by atoms with E-state index in [4.69, 9.17) is 14.2 Å². The van der Waals surface area contributed by atoms with Gasteiger partial charge in [0.2, 0.25) is 23.6 Å². The molecule has 4 N–H and O–H groups in total. The molecule has 1 aliphatic heterocycles. The Kier molecular flexibility index (Phi) is 20.4. The first-order chi connectivity index (χ1) is 29.6. The van der Waals surface area contributed by atoms with Gasteiger partial charge >= 0.3 is 6.09 Å². The van der Waals surface area contributed by atoms with Gasteiger partial charge in [0.05, 0.1) is 61.4 Å². The molecule has 1 saturated heterocycles. The maximum atomic E-state index is 14.2. The number of amides is 5. The predicted octanol–water partition coefficient (Wildman–Crippen LogP) is 5.16. The third kappa shape index (κ3) is 15.3. The molecule has 1 aliphatic rings. The Hall–Kier alpha value is -4.64. The van der Waals surface area contributed by atoms with Crippen molar-refractivity contribution in [2.24, 2.45) is 17.8 Å².